The highest BCUT2D eigenvalue weighted by Crippen LogP contribution is 2.41. The lowest BCUT2D eigenvalue weighted by Crippen LogP contribution is -2.45. The van der Waals surface area contributed by atoms with E-state index in [0.29, 0.717) is 5.92 Å². The minimum absolute atomic E-state index is 0.0396. The summed E-state index contributed by atoms with van der Waals surface area (Å²) in [6.45, 7) is 4.10. The van der Waals surface area contributed by atoms with E-state index in [1.54, 1.807) is 24.0 Å². The number of amides is 1. The molecule has 1 amide bonds. The van der Waals surface area contributed by atoms with Gasteiger partial charge in [-0.15, -0.1) is 0 Å². The SMILES string of the molecule is CC(=N)N(Cc1ccc([N+](=O)[O-])cc1)C(=O)[C@@](C)(CCC1CCCCC1)CC1CCCCC1. The number of carbonyl (C=O) groups is 1. The van der Waals surface area contributed by atoms with Crippen LogP contribution in [-0.2, 0) is 11.3 Å². The van der Waals surface area contributed by atoms with Crippen molar-refractivity contribution in [3.05, 3.63) is 39.9 Å². The van der Waals surface area contributed by atoms with Gasteiger partial charge in [0.1, 0.15) is 0 Å². The summed E-state index contributed by atoms with van der Waals surface area (Å²) < 4.78 is 0. The molecule has 2 aliphatic rings. The van der Waals surface area contributed by atoms with E-state index in [-0.39, 0.29) is 24.0 Å². The van der Waals surface area contributed by atoms with E-state index in [0.717, 1.165) is 30.7 Å². The zero-order valence-corrected chi connectivity index (χ0v) is 20.5. The van der Waals surface area contributed by atoms with Gasteiger partial charge in [0, 0.05) is 17.5 Å². The number of benzene rings is 1. The molecule has 1 aromatic rings. The summed E-state index contributed by atoms with van der Waals surface area (Å²) in [5.74, 6) is 1.60. The lowest BCUT2D eigenvalue weighted by atomic mass is 9.70. The monoisotopic (exact) mass is 455 g/mol. The van der Waals surface area contributed by atoms with Crippen molar-refractivity contribution in [1.82, 2.24) is 4.90 Å². The van der Waals surface area contributed by atoms with E-state index in [1.165, 1.54) is 76.3 Å². The van der Waals surface area contributed by atoms with Crippen LogP contribution in [0.5, 0.6) is 0 Å². The van der Waals surface area contributed by atoms with Crippen LogP contribution in [0.25, 0.3) is 0 Å². The molecule has 3 rings (SSSR count). The van der Waals surface area contributed by atoms with E-state index >= 15 is 0 Å². The molecule has 2 aliphatic carbocycles. The van der Waals surface area contributed by atoms with E-state index < -0.39 is 10.3 Å². The fourth-order valence-electron chi connectivity index (χ4n) is 5.90. The summed E-state index contributed by atoms with van der Waals surface area (Å²) >= 11 is 0. The Kier molecular flexibility index (Phi) is 9.04. The predicted molar refractivity (Wildman–Crippen MR) is 132 cm³/mol. The summed E-state index contributed by atoms with van der Waals surface area (Å²) in [5, 5.41) is 19.3. The second-order valence-electron chi connectivity index (χ2n) is 10.7. The Bertz CT molecular complexity index is 810. The van der Waals surface area contributed by atoms with Crippen LogP contribution in [0.1, 0.15) is 103 Å². The number of rotatable bonds is 9. The van der Waals surface area contributed by atoms with Crippen molar-refractivity contribution in [3.8, 4) is 0 Å². The van der Waals surface area contributed by atoms with Crippen LogP contribution in [0.4, 0.5) is 5.69 Å². The molecule has 0 spiro atoms. The number of amidine groups is 1. The Morgan fingerprint density at radius 3 is 2.09 bits per heavy atom. The van der Waals surface area contributed by atoms with Crippen molar-refractivity contribution in [2.24, 2.45) is 17.3 Å². The molecule has 0 radical (unpaired) electrons. The fourth-order valence-corrected chi connectivity index (χ4v) is 5.90. The summed E-state index contributed by atoms with van der Waals surface area (Å²) in [7, 11) is 0. The largest absolute Gasteiger partial charge is 0.296 e. The third-order valence-electron chi connectivity index (χ3n) is 7.95. The van der Waals surface area contributed by atoms with Crippen molar-refractivity contribution < 1.29 is 9.72 Å². The standard InChI is InChI=1S/C27H41N3O3/c1-21(28)29(20-24-13-15-25(16-14-24)30(32)33)26(31)27(2,19-23-11-7-4-8-12-23)18-17-22-9-5-3-6-10-22/h13-16,22-23,28H,3-12,17-20H2,1-2H3/t27-/m0/s1. The second kappa shape index (κ2) is 11.8. The van der Waals surface area contributed by atoms with Crippen LogP contribution in [0.15, 0.2) is 24.3 Å². The molecule has 2 saturated carbocycles. The average molecular weight is 456 g/mol. The first-order chi connectivity index (χ1) is 15.8. The number of nitrogens with one attached hydrogen (secondary N) is 1. The van der Waals surface area contributed by atoms with Gasteiger partial charge in [-0.05, 0) is 43.6 Å². The fraction of sp³-hybridized carbons (Fsp3) is 0.704. The smallest absolute Gasteiger partial charge is 0.269 e. The van der Waals surface area contributed by atoms with Crippen molar-refractivity contribution in [2.45, 2.75) is 104 Å². The number of non-ortho nitro benzene ring substituents is 1. The van der Waals surface area contributed by atoms with E-state index in [9.17, 15) is 14.9 Å². The molecule has 6 heteroatoms. The van der Waals surface area contributed by atoms with Gasteiger partial charge in [0.2, 0.25) is 5.91 Å². The Balaban J connectivity index is 1.77. The second-order valence-corrected chi connectivity index (χ2v) is 10.7. The average Bonchev–Trinajstić information content (AvgIpc) is 2.82. The first kappa shape index (κ1) is 25.4. The molecule has 0 aromatic heterocycles. The molecule has 0 unspecified atom stereocenters. The molecule has 6 nitrogen and oxygen atoms in total. The number of nitro benzene ring substituents is 1. The summed E-state index contributed by atoms with van der Waals surface area (Å²) in [6, 6.07) is 6.34. The van der Waals surface area contributed by atoms with Crippen LogP contribution < -0.4 is 0 Å². The maximum Gasteiger partial charge on any atom is 0.269 e. The Hall–Kier alpha value is -2.24. The molecule has 1 atom stereocenters. The minimum Gasteiger partial charge on any atom is -0.296 e. The molecule has 2 fully saturated rings. The number of carbonyl (C=O) groups excluding carboxylic acids is 1. The van der Waals surface area contributed by atoms with Gasteiger partial charge in [0.05, 0.1) is 17.3 Å². The topological polar surface area (TPSA) is 87.3 Å². The van der Waals surface area contributed by atoms with Crippen LogP contribution >= 0.6 is 0 Å². The number of nitrogens with zero attached hydrogens (tertiary/aromatic N) is 2. The molecule has 0 heterocycles. The molecule has 1 N–H and O–H groups in total. The highest BCUT2D eigenvalue weighted by molar-refractivity contribution is 5.98. The third-order valence-corrected chi connectivity index (χ3v) is 7.95. The van der Waals surface area contributed by atoms with Gasteiger partial charge in [-0.1, -0.05) is 83.3 Å². The molecule has 0 aliphatic heterocycles. The van der Waals surface area contributed by atoms with Gasteiger partial charge in [-0.2, -0.15) is 0 Å². The molecular weight excluding hydrogens is 414 g/mol. The van der Waals surface area contributed by atoms with Crippen LogP contribution in [0, 0.1) is 32.8 Å². The van der Waals surface area contributed by atoms with Crippen molar-refractivity contribution in [3.63, 3.8) is 0 Å². The quantitative estimate of drug-likeness (QED) is 0.184. The lowest BCUT2D eigenvalue weighted by Gasteiger charge is -2.38. The maximum absolute atomic E-state index is 14.0. The van der Waals surface area contributed by atoms with Gasteiger partial charge >= 0.3 is 0 Å². The highest BCUT2D eigenvalue weighted by atomic mass is 16.6. The minimum atomic E-state index is -0.470. The zero-order chi connectivity index (χ0) is 23.8. The third kappa shape index (κ3) is 7.12. The van der Waals surface area contributed by atoms with E-state index in [2.05, 4.69) is 6.92 Å². The molecule has 33 heavy (non-hydrogen) atoms. The van der Waals surface area contributed by atoms with Crippen LogP contribution in [0.3, 0.4) is 0 Å². The van der Waals surface area contributed by atoms with Gasteiger partial charge in [-0.3, -0.25) is 25.2 Å². The maximum atomic E-state index is 14.0. The Morgan fingerprint density at radius 2 is 1.58 bits per heavy atom. The lowest BCUT2D eigenvalue weighted by molar-refractivity contribution is -0.384. The van der Waals surface area contributed by atoms with Gasteiger partial charge in [-0.25, -0.2) is 0 Å². The first-order valence-electron chi connectivity index (χ1n) is 12.9. The molecule has 0 saturated heterocycles. The van der Waals surface area contributed by atoms with Gasteiger partial charge in [0.25, 0.3) is 5.69 Å². The predicted octanol–water partition coefficient (Wildman–Crippen LogP) is 7.26. The van der Waals surface area contributed by atoms with Crippen molar-refractivity contribution >= 4 is 17.4 Å². The zero-order valence-electron chi connectivity index (χ0n) is 20.5. The van der Waals surface area contributed by atoms with Gasteiger partial charge < -0.3 is 0 Å². The van der Waals surface area contributed by atoms with Crippen LogP contribution in [-0.4, -0.2) is 21.6 Å². The molecule has 1 aromatic carbocycles. The normalized spacial score (nSPS) is 19.6. The van der Waals surface area contributed by atoms with Gasteiger partial charge in [0.15, 0.2) is 0 Å². The summed E-state index contributed by atoms with van der Waals surface area (Å²) in [5.41, 5.74) is 0.383. The number of hydrogen-bond acceptors (Lipinski definition) is 4. The Labute approximate surface area is 198 Å². The molecule has 182 valence electrons. The number of nitro groups is 1. The molecule has 0 bridgehead atoms. The first-order valence-corrected chi connectivity index (χ1v) is 12.9. The summed E-state index contributed by atoms with van der Waals surface area (Å²) in [4.78, 5) is 26.2. The Morgan fingerprint density at radius 1 is 1.03 bits per heavy atom. The molecular formula is C27H41N3O3. The number of hydrogen-bond donors (Lipinski definition) is 1. The highest BCUT2D eigenvalue weighted by Gasteiger charge is 2.40. The summed E-state index contributed by atoms with van der Waals surface area (Å²) in [6.07, 6.45) is 15.6. The van der Waals surface area contributed by atoms with E-state index in [1.807, 2.05) is 0 Å². The van der Waals surface area contributed by atoms with Crippen LogP contribution in [0.2, 0.25) is 0 Å². The van der Waals surface area contributed by atoms with Crippen molar-refractivity contribution in [2.75, 3.05) is 0 Å². The van der Waals surface area contributed by atoms with E-state index in [4.69, 9.17) is 5.41 Å². The van der Waals surface area contributed by atoms with Crippen molar-refractivity contribution in [1.29, 1.82) is 5.41 Å².